The average molecular weight is 334 g/mol. The van der Waals surface area contributed by atoms with Gasteiger partial charge in [0.1, 0.15) is 0 Å². The molecule has 0 amide bonds. The van der Waals surface area contributed by atoms with Crippen LogP contribution in [0.25, 0.3) is 0 Å². The minimum Gasteiger partial charge on any atom is -0.755 e. The molecule has 0 saturated heterocycles. The van der Waals surface area contributed by atoms with E-state index in [0.29, 0.717) is 0 Å². The van der Waals surface area contributed by atoms with Crippen LogP contribution in [0, 0.1) is 0 Å². The molecule has 0 aromatic heterocycles. The van der Waals surface area contributed by atoms with Crippen LogP contribution < -0.4 is 0 Å². The largest absolute Gasteiger partial charge is 0.755 e. The van der Waals surface area contributed by atoms with E-state index in [1.54, 1.807) is 0 Å². The predicted octanol–water partition coefficient (Wildman–Crippen LogP) is 2.22. The Morgan fingerprint density at radius 2 is 1.91 bits per heavy atom. The minimum absolute atomic E-state index is 0.0412. The van der Waals surface area contributed by atoms with Gasteiger partial charge in [-0.2, -0.15) is 13.2 Å². The van der Waals surface area contributed by atoms with Gasteiger partial charge in [-0.25, -0.2) is 4.79 Å². The molecule has 0 bridgehead atoms. The first-order valence-electron chi connectivity index (χ1n) is 5.71. The fraction of sp³-hybridized carbons (Fsp3) is 0.154. The lowest BCUT2D eigenvalue weighted by atomic mass is 9.95. The molecule has 5 nitrogen and oxygen atoms in total. The van der Waals surface area contributed by atoms with Gasteiger partial charge < -0.3 is 9.66 Å². The van der Waals surface area contributed by atoms with E-state index >= 15 is 0 Å². The van der Waals surface area contributed by atoms with E-state index in [1.807, 2.05) is 0 Å². The van der Waals surface area contributed by atoms with Crippen molar-refractivity contribution in [2.24, 2.45) is 0 Å². The molecular weight excluding hydrogens is 323 g/mol. The molecular formula is C13H11F3NO4S-. The maximum atomic E-state index is 13.2. The SMILES string of the molecule is C=C/C=C1/C=C(C(=O)O)[C@@H](C(F)(F)F)N(S(=O)[O-])/C1=C/C=C. The number of carboxylic acid groups (broad SMARTS) is 1. The smallest absolute Gasteiger partial charge is 0.414 e. The number of alkyl halides is 3. The lowest BCUT2D eigenvalue weighted by Crippen LogP contribution is -2.50. The van der Waals surface area contributed by atoms with Crippen LogP contribution in [-0.4, -0.2) is 36.4 Å². The molecule has 120 valence electrons. The molecule has 1 N–H and O–H groups in total. The molecule has 1 aliphatic rings. The van der Waals surface area contributed by atoms with Gasteiger partial charge in [0, 0.05) is 11.3 Å². The summed E-state index contributed by atoms with van der Waals surface area (Å²) in [5.74, 6) is -1.87. The van der Waals surface area contributed by atoms with Crippen LogP contribution in [0.2, 0.25) is 0 Å². The normalized spacial score (nSPS) is 24.1. The van der Waals surface area contributed by atoms with E-state index in [-0.39, 0.29) is 15.6 Å². The van der Waals surface area contributed by atoms with Crippen molar-refractivity contribution < 1.29 is 31.8 Å². The standard InChI is InChI=1S/C13H12F3NO4S/c1-3-5-8-7-9(12(18)19)11(13(14,15)16)17(22(20)21)10(8)6-4-2/h3-7,11H,1-2H2,(H,18,19)(H,20,21)/p-1/b8-5-,10-6+/t11-/m0/s1. The van der Waals surface area contributed by atoms with Crippen LogP contribution in [0.15, 0.2) is 60.4 Å². The van der Waals surface area contributed by atoms with Gasteiger partial charge in [-0.3, -0.25) is 8.51 Å². The summed E-state index contributed by atoms with van der Waals surface area (Å²) in [5.41, 5.74) is -1.50. The lowest BCUT2D eigenvalue weighted by molar-refractivity contribution is -0.164. The van der Waals surface area contributed by atoms with Gasteiger partial charge in [-0.15, -0.1) is 0 Å². The summed E-state index contributed by atoms with van der Waals surface area (Å²) in [6.07, 6.45) is 0.191. The van der Waals surface area contributed by atoms with Crippen molar-refractivity contribution in [2.75, 3.05) is 0 Å². The molecule has 0 saturated carbocycles. The molecule has 0 aromatic rings. The number of hydrogen-bond acceptors (Lipinski definition) is 3. The number of nitrogens with zero attached hydrogens (tertiary/aromatic N) is 1. The van der Waals surface area contributed by atoms with Crippen molar-refractivity contribution in [3.8, 4) is 0 Å². The van der Waals surface area contributed by atoms with Gasteiger partial charge >= 0.3 is 12.1 Å². The van der Waals surface area contributed by atoms with Crippen molar-refractivity contribution in [1.82, 2.24) is 4.31 Å². The van der Waals surface area contributed by atoms with E-state index in [4.69, 9.17) is 5.11 Å². The Bertz CT molecular complexity index is 619. The Morgan fingerprint density at radius 3 is 2.27 bits per heavy atom. The third-order valence-electron chi connectivity index (χ3n) is 2.66. The van der Waals surface area contributed by atoms with Gasteiger partial charge in [0.05, 0.1) is 11.3 Å². The highest BCUT2D eigenvalue weighted by molar-refractivity contribution is 7.76. The summed E-state index contributed by atoms with van der Waals surface area (Å²) in [5, 5.41) is 8.99. The highest BCUT2D eigenvalue weighted by atomic mass is 32.2. The Hall–Kier alpha value is -2.13. The Kier molecular flexibility index (Phi) is 5.50. The van der Waals surface area contributed by atoms with E-state index in [0.717, 1.165) is 18.2 Å². The maximum absolute atomic E-state index is 13.2. The van der Waals surface area contributed by atoms with Gasteiger partial charge in [-0.1, -0.05) is 31.4 Å². The van der Waals surface area contributed by atoms with Crippen molar-refractivity contribution in [1.29, 1.82) is 0 Å². The molecule has 1 rings (SSSR count). The Balaban J connectivity index is 3.75. The third kappa shape index (κ3) is 3.55. The highest BCUT2D eigenvalue weighted by Crippen LogP contribution is 2.39. The third-order valence-corrected chi connectivity index (χ3v) is 3.39. The monoisotopic (exact) mass is 334 g/mol. The summed E-state index contributed by atoms with van der Waals surface area (Å²) < 4.78 is 62.1. The van der Waals surface area contributed by atoms with Gasteiger partial charge in [-0.05, 0) is 17.7 Å². The minimum atomic E-state index is -5.11. The van der Waals surface area contributed by atoms with E-state index < -0.39 is 35.0 Å². The fourth-order valence-electron chi connectivity index (χ4n) is 1.91. The molecule has 0 fully saturated rings. The molecule has 0 radical (unpaired) electrons. The van der Waals surface area contributed by atoms with Crippen molar-refractivity contribution >= 4 is 17.2 Å². The topological polar surface area (TPSA) is 80.7 Å². The van der Waals surface area contributed by atoms with Crippen LogP contribution >= 0.6 is 0 Å². The molecule has 1 aliphatic heterocycles. The molecule has 0 aliphatic carbocycles. The summed E-state index contributed by atoms with van der Waals surface area (Å²) in [4.78, 5) is 11.1. The molecule has 1 unspecified atom stereocenters. The molecule has 0 spiro atoms. The Labute approximate surface area is 126 Å². The first-order chi connectivity index (χ1) is 10.1. The van der Waals surface area contributed by atoms with Crippen LogP contribution in [0.3, 0.4) is 0 Å². The Morgan fingerprint density at radius 1 is 1.36 bits per heavy atom. The summed E-state index contributed by atoms with van der Waals surface area (Å²) in [7, 11) is 0. The zero-order chi connectivity index (χ0) is 17.1. The predicted molar refractivity (Wildman–Crippen MR) is 72.9 cm³/mol. The zero-order valence-corrected chi connectivity index (χ0v) is 11.9. The second-order valence-electron chi connectivity index (χ2n) is 4.04. The van der Waals surface area contributed by atoms with Gasteiger partial charge in [0.15, 0.2) is 6.04 Å². The van der Waals surface area contributed by atoms with E-state index in [9.17, 15) is 26.7 Å². The van der Waals surface area contributed by atoms with Crippen molar-refractivity contribution in [2.45, 2.75) is 12.2 Å². The second-order valence-corrected chi connectivity index (χ2v) is 4.86. The van der Waals surface area contributed by atoms with E-state index in [2.05, 4.69) is 13.2 Å². The average Bonchev–Trinajstić information content (AvgIpc) is 2.38. The van der Waals surface area contributed by atoms with E-state index in [1.165, 1.54) is 12.2 Å². The van der Waals surface area contributed by atoms with Gasteiger partial charge in [0.25, 0.3) is 0 Å². The first kappa shape index (κ1) is 17.9. The number of halogens is 3. The first-order valence-corrected chi connectivity index (χ1v) is 6.74. The lowest BCUT2D eigenvalue weighted by Gasteiger charge is -2.40. The van der Waals surface area contributed by atoms with Crippen molar-refractivity contribution in [3.63, 3.8) is 0 Å². The fourth-order valence-corrected chi connectivity index (χ4v) is 2.64. The maximum Gasteiger partial charge on any atom is 0.414 e. The van der Waals surface area contributed by atoms with Crippen LogP contribution in [0.1, 0.15) is 0 Å². The number of carbonyl (C=O) groups is 1. The zero-order valence-electron chi connectivity index (χ0n) is 11.0. The molecule has 9 heteroatoms. The molecule has 0 aromatic carbocycles. The van der Waals surface area contributed by atoms with Crippen LogP contribution in [-0.2, 0) is 16.1 Å². The summed E-state index contributed by atoms with van der Waals surface area (Å²) in [6, 6.07) is -2.82. The quantitative estimate of drug-likeness (QED) is 0.800. The number of hydrogen-bond donors (Lipinski definition) is 1. The number of allylic oxidation sites excluding steroid dienone is 5. The number of rotatable bonds is 4. The van der Waals surface area contributed by atoms with Crippen LogP contribution in [0.5, 0.6) is 0 Å². The van der Waals surface area contributed by atoms with Crippen molar-refractivity contribution in [3.05, 3.63) is 60.4 Å². The summed E-state index contributed by atoms with van der Waals surface area (Å²) >= 11 is -3.35. The molecule has 1 heterocycles. The summed E-state index contributed by atoms with van der Waals surface area (Å²) in [6.45, 7) is 6.67. The number of carboxylic acids is 1. The number of aliphatic carboxylic acids is 1. The highest BCUT2D eigenvalue weighted by Gasteiger charge is 2.51. The van der Waals surface area contributed by atoms with Crippen LogP contribution in [0.4, 0.5) is 13.2 Å². The molecule has 2 atom stereocenters. The second kappa shape index (κ2) is 6.75. The van der Waals surface area contributed by atoms with Gasteiger partial charge in [0.2, 0.25) is 0 Å². The molecule has 22 heavy (non-hydrogen) atoms.